The molecule has 6 heteroatoms. The van der Waals surface area contributed by atoms with Crippen LogP contribution in [0.25, 0.3) is 11.1 Å². The molecule has 5 rings (SSSR count). The smallest absolute Gasteiger partial charge is 0.259 e. The van der Waals surface area contributed by atoms with Gasteiger partial charge in [-0.2, -0.15) is 0 Å². The van der Waals surface area contributed by atoms with Gasteiger partial charge in [0.15, 0.2) is 0 Å². The van der Waals surface area contributed by atoms with Gasteiger partial charge in [-0.15, -0.1) is 0 Å². The summed E-state index contributed by atoms with van der Waals surface area (Å²) in [5.41, 5.74) is 3.89. The van der Waals surface area contributed by atoms with Crippen molar-refractivity contribution in [2.75, 3.05) is 4.90 Å². The number of amides is 2. The molecular weight excluding hydrogens is 395 g/mol. The zero-order valence-electron chi connectivity index (χ0n) is 17.0. The molecule has 0 radical (unpaired) electrons. The van der Waals surface area contributed by atoms with E-state index in [1.165, 1.54) is 11.0 Å². The Hall–Kier alpha value is -3.67. The maximum Gasteiger partial charge on any atom is 0.259 e. The number of aromatic hydroxyl groups is 1. The van der Waals surface area contributed by atoms with E-state index in [1.54, 1.807) is 49.4 Å². The van der Waals surface area contributed by atoms with Crippen molar-refractivity contribution in [3.8, 4) is 16.9 Å². The van der Waals surface area contributed by atoms with E-state index >= 15 is 0 Å². The Morgan fingerprint density at radius 2 is 1.87 bits per heavy atom. The topological polar surface area (TPSA) is 69.6 Å². The SMILES string of the molecule is Cc1c(F)cc(C(=O)NC2CC2)cc1-c1ccc2c(c1)CN(c1ccccc1O)C2=O. The van der Waals surface area contributed by atoms with E-state index in [4.69, 9.17) is 0 Å². The molecule has 3 aromatic rings. The van der Waals surface area contributed by atoms with Crippen LogP contribution in [-0.2, 0) is 6.54 Å². The van der Waals surface area contributed by atoms with Gasteiger partial charge in [0.05, 0.1) is 12.2 Å². The molecule has 1 fully saturated rings. The lowest BCUT2D eigenvalue weighted by atomic mass is 9.95. The first-order chi connectivity index (χ1) is 14.9. The second kappa shape index (κ2) is 7.23. The molecule has 0 bridgehead atoms. The first-order valence-electron chi connectivity index (χ1n) is 10.3. The minimum absolute atomic E-state index is 0.0381. The van der Waals surface area contributed by atoms with Crippen LogP contribution in [0.5, 0.6) is 5.75 Å². The highest BCUT2D eigenvalue weighted by molar-refractivity contribution is 6.11. The maximum absolute atomic E-state index is 14.6. The number of halogens is 1. The summed E-state index contributed by atoms with van der Waals surface area (Å²) in [6, 6.07) is 15.2. The minimum atomic E-state index is -0.439. The van der Waals surface area contributed by atoms with Gasteiger partial charge in [0, 0.05) is 17.2 Å². The van der Waals surface area contributed by atoms with Crippen LogP contribution in [0.4, 0.5) is 10.1 Å². The average molecular weight is 416 g/mol. The highest BCUT2D eigenvalue weighted by Gasteiger charge is 2.30. The van der Waals surface area contributed by atoms with Gasteiger partial charge in [-0.1, -0.05) is 18.2 Å². The number of fused-ring (bicyclic) bond motifs is 1. The number of hydrogen-bond donors (Lipinski definition) is 2. The van der Waals surface area contributed by atoms with Crippen molar-refractivity contribution < 1.29 is 19.1 Å². The number of nitrogens with one attached hydrogen (secondary N) is 1. The summed E-state index contributed by atoms with van der Waals surface area (Å²) in [7, 11) is 0. The van der Waals surface area contributed by atoms with Crippen molar-refractivity contribution in [1.82, 2.24) is 5.32 Å². The number of hydrogen-bond acceptors (Lipinski definition) is 3. The van der Waals surface area contributed by atoms with Gasteiger partial charge in [-0.3, -0.25) is 9.59 Å². The van der Waals surface area contributed by atoms with Gasteiger partial charge in [-0.05, 0) is 78.4 Å². The Labute approximate surface area is 179 Å². The molecule has 2 N–H and O–H groups in total. The van der Waals surface area contributed by atoms with Gasteiger partial charge in [0.2, 0.25) is 0 Å². The summed E-state index contributed by atoms with van der Waals surface area (Å²) < 4.78 is 14.6. The molecule has 1 saturated carbocycles. The number of nitrogens with zero attached hydrogens (tertiary/aromatic N) is 1. The van der Waals surface area contributed by atoms with E-state index in [1.807, 2.05) is 6.07 Å². The predicted molar refractivity (Wildman–Crippen MR) is 116 cm³/mol. The molecule has 2 amide bonds. The third kappa shape index (κ3) is 3.44. The molecule has 1 aliphatic heterocycles. The number of rotatable bonds is 4. The second-order valence-corrected chi connectivity index (χ2v) is 8.13. The third-order valence-electron chi connectivity index (χ3n) is 5.91. The molecular formula is C25H21FN2O3. The standard InChI is InChI=1S/C25H21FN2O3/c1-14-20(11-16(12-21(14)26)24(30)27-18-7-8-18)15-6-9-19-17(10-15)13-28(25(19)31)22-4-2-3-5-23(22)29/h2-6,9-12,18,29H,7-8,13H2,1H3,(H,27,30). The molecule has 156 valence electrons. The molecule has 0 atom stereocenters. The summed E-state index contributed by atoms with van der Waals surface area (Å²) in [5, 5.41) is 13.0. The summed E-state index contributed by atoms with van der Waals surface area (Å²) in [5.74, 6) is -0.866. The second-order valence-electron chi connectivity index (χ2n) is 8.13. The Bertz CT molecular complexity index is 1230. The van der Waals surface area contributed by atoms with E-state index in [0.29, 0.717) is 28.9 Å². The predicted octanol–water partition coefficient (Wildman–Crippen LogP) is 4.56. The van der Waals surface area contributed by atoms with Crippen molar-refractivity contribution >= 4 is 17.5 Å². The fourth-order valence-corrected chi connectivity index (χ4v) is 3.98. The number of phenolic OH excluding ortho intramolecular Hbond substituents is 1. The van der Waals surface area contributed by atoms with Gasteiger partial charge in [0.1, 0.15) is 11.6 Å². The normalized spacial score (nSPS) is 15.2. The van der Waals surface area contributed by atoms with Crippen LogP contribution in [0.2, 0.25) is 0 Å². The maximum atomic E-state index is 14.6. The number of benzene rings is 3. The van der Waals surface area contributed by atoms with E-state index in [-0.39, 0.29) is 29.2 Å². The lowest BCUT2D eigenvalue weighted by molar-refractivity contribution is 0.0949. The molecule has 0 saturated heterocycles. The number of carbonyl (C=O) groups is 2. The van der Waals surface area contributed by atoms with Crippen LogP contribution in [-0.4, -0.2) is 23.0 Å². The molecule has 1 aliphatic carbocycles. The largest absolute Gasteiger partial charge is 0.506 e. The van der Waals surface area contributed by atoms with E-state index < -0.39 is 5.82 Å². The fourth-order valence-electron chi connectivity index (χ4n) is 3.98. The minimum Gasteiger partial charge on any atom is -0.506 e. The van der Waals surface area contributed by atoms with Crippen LogP contribution in [0.1, 0.15) is 44.7 Å². The molecule has 0 aromatic heterocycles. The number of para-hydroxylation sites is 2. The van der Waals surface area contributed by atoms with E-state index in [0.717, 1.165) is 24.0 Å². The Morgan fingerprint density at radius 3 is 2.61 bits per heavy atom. The highest BCUT2D eigenvalue weighted by Crippen LogP contribution is 2.36. The number of carbonyl (C=O) groups excluding carboxylic acids is 2. The summed E-state index contributed by atoms with van der Waals surface area (Å²) >= 11 is 0. The lowest BCUT2D eigenvalue weighted by Gasteiger charge is -2.16. The summed E-state index contributed by atoms with van der Waals surface area (Å²) in [6.07, 6.45) is 1.92. The fraction of sp³-hybridized carbons (Fsp3) is 0.200. The third-order valence-corrected chi connectivity index (χ3v) is 5.91. The van der Waals surface area contributed by atoms with Gasteiger partial charge in [0.25, 0.3) is 11.8 Å². The van der Waals surface area contributed by atoms with Crippen molar-refractivity contribution in [3.05, 3.63) is 82.7 Å². The molecule has 31 heavy (non-hydrogen) atoms. The van der Waals surface area contributed by atoms with Crippen LogP contribution in [0.15, 0.2) is 54.6 Å². The van der Waals surface area contributed by atoms with Crippen molar-refractivity contribution in [2.24, 2.45) is 0 Å². The number of anilines is 1. The van der Waals surface area contributed by atoms with E-state index in [2.05, 4.69) is 5.32 Å². The van der Waals surface area contributed by atoms with Crippen molar-refractivity contribution in [3.63, 3.8) is 0 Å². The molecule has 0 unspecified atom stereocenters. The first-order valence-corrected chi connectivity index (χ1v) is 10.3. The zero-order valence-corrected chi connectivity index (χ0v) is 17.0. The highest BCUT2D eigenvalue weighted by atomic mass is 19.1. The molecule has 1 heterocycles. The van der Waals surface area contributed by atoms with Crippen molar-refractivity contribution in [1.29, 1.82) is 0 Å². The van der Waals surface area contributed by atoms with Crippen LogP contribution in [0.3, 0.4) is 0 Å². The first kappa shape index (κ1) is 19.3. The van der Waals surface area contributed by atoms with Crippen LogP contribution in [0, 0.1) is 12.7 Å². The Kier molecular flexibility index (Phi) is 4.50. The summed E-state index contributed by atoms with van der Waals surface area (Å²) in [6.45, 7) is 1.99. The van der Waals surface area contributed by atoms with Gasteiger partial charge in [-0.25, -0.2) is 4.39 Å². The zero-order chi connectivity index (χ0) is 21.7. The van der Waals surface area contributed by atoms with Gasteiger partial charge < -0.3 is 15.3 Å². The molecule has 2 aliphatic rings. The average Bonchev–Trinajstić information content (AvgIpc) is 3.52. The van der Waals surface area contributed by atoms with Gasteiger partial charge >= 0.3 is 0 Å². The molecule has 3 aromatic carbocycles. The Balaban J connectivity index is 1.51. The molecule has 0 spiro atoms. The molecule has 5 nitrogen and oxygen atoms in total. The lowest BCUT2D eigenvalue weighted by Crippen LogP contribution is -2.25. The van der Waals surface area contributed by atoms with Crippen LogP contribution < -0.4 is 10.2 Å². The monoisotopic (exact) mass is 416 g/mol. The quantitative estimate of drug-likeness (QED) is 0.655. The number of phenols is 1. The Morgan fingerprint density at radius 1 is 1.10 bits per heavy atom. The summed E-state index contributed by atoms with van der Waals surface area (Å²) in [4.78, 5) is 26.8. The van der Waals surface area contributed by atoms with Crippen LogP contribution >= 0.6 is 0 Å². The van der Waals surface area contributed by atoms with E-state index in [9.17, 15) is 19.1 Å². The van der Waals surface area contributed by atoms with Crippen molar-refractivity contribution in [2.45, 2.75) is 32.4 Å².